The maximum atomic E-state index is 5.17. The number of rotatable bonds is 6. The third-order valence-electron chi connectivity index (χ3n) is 2.54. The van der Waals surface area contributed by atoms with Crippen LogP contribution in [0, 0.1) is 6.92 Å². The summed E-state index contributed by atoms with van der Waals surface area (Å²) in [5.74, 6) is 1.21. The van der Waals surface area contributed by atoms with Crippen molar-refractivity contribution < 1.29 is 9.26 Å². The number of hydrogen-bond donors (Lipinski definition) is 1. The summed E-state index contributed by atoms with van der Waals surface area (Å²) in [7, 11) is 1.67. The fraction of sp³-hybridized carbons (Fsp3) is 0.385. The van der Waals surface area contributed by atoms with Gasteiger partial charge in [0.1, 0.15) is 0 Å². The van der Waals surface area contributed by atoms with Gasteiger partial charge >= 0.3 is 0 Å². The highest BCUT2D eigenvalue weighted by molar-refractivity contribution is 5.54. The van der Waals surface area contributed by atoms with Crippen molar-refractivity contribution >= 4 is 0 Å². The zero-order valence-electron chi connectivity index (χ0n) is 10.6. The normalized spacial score (nSPS) is 10.8. The van der Waals surface area contributed by atoms with Gasteiger partial charge in [0.05, 0.1) is 13.2 Å². The fourth-order valence-corrected chi connectivity index (χ4v) is 1.52. The highest BCUT2D eigenvalue weighted by Gasteiger charge is 2.07. The summed E-state index contributed by atoms with van der Waals surface area (Å²) in [6.07, 6.45) is 0. The summed E-state index contributed by atoms with van der Waals surface area (Å²) in [6, 6.07) is 8.04. The number of hydrogen-bond acceptors (Lipinski definition) is 5. The largest absolute Gasteiger partial charge is 0.383 e. The Bertz CT molecular complexity index is 479. The van der Waals surface area contributed by atoms with Crippen LogP contribution in [-0.4, -0.2) is 30.4 Å². The zero-order chi connectivity index (χ0) is 12.8. The molecule has 0 aliphatic rings. The average Bonchev–Trinajstić information content (AvgIpc) is 2.84. The van der Waals surface area contributed by atoms with Gasteiger partial charge in [-0.3, -0.25) is 0 Å². The fourth-order valence-electron chi connectivity index (χ4n) is 1.52. The van der Waals surface area contributed by atoms with Gasteiger partial charge in [-0.2, -0.15) is 4.98 Å². The molecule has 0 unspecified atom stereocenters. The Morgan fingerprint density at radius 2 is 2.06 bits per heavy atom. The molecular formula is C13H17N3O2. The maximum absolute atomic E-state index is 5.17. The molecule has 0 fully saturated rings. The van der Waals surface area contributed by atoms with Crippen LogP contribution < -0.4 is 5.32 Å². The van der Waals surface area contributed by atoms with E-state index in [0.717, 1.165) is 12.1 Å². The van der Waals surface area contributed by atoms with Gasteiger partial charge in [-0.25, -0.2) is 0 Å². The van der Waals surface area contributed by atoms with Gasteiger partial charge in [-0.1, -0.05) is 35.0 Å². The first kappa shape index (κ1) is 12.7. The summed E-state index contributed by atoms with van der Waals surface area (Å²) in [5.41, 5.74) is 2.18. The number of aromatic nitrogens is 2. The second-order valence-electron chi connectivity index (χ2n) is 4.05. The van der Waals surface area contributed by atoms with E-state index in [0.29, 0.717) is 24.9 Å². The molecule has 0 aliphatic carbocycles. The molecule has 5 heteroatoms. The summed E-state index contributed by atoms with van der Waals surface area (Å²) >= 11 is 0. The van der Waals surface area contributed by atoms with Crippen molar-refractivity contribution in [2.45, 2.75) is 13.5 Å². The number of nitrogens with zero attached hydrogens (tertiary/aromatic N) is 2. The van der Waals surface area contributed by atoms with Gasteiger partial charge in [0.25, 0.3) is 0 Å². The van der Waals surface area contributed by atoms with Crippen LogP contribution >= 0.6 is 0 Å². The molecule has 1 aromatic carbocycles. The minimum absolute atomic E-state index is 0.558. The van der Waals surface area contributed by atoms with Crippen LogP contribution in [0.3, 0.4) is 0 Å². The summed E-state index contributed by atoms with van der Waals surface area (Å²) in [5, 5.41) is 7.11. The third-order valence-corrected chi connectivity index (χ3v) is 2.54. The molecule has 2 rings (SSSR count). The van der Waals surface area contributed by atoms with E-state index in [1.807, 2.05) is 31.2 Å². The SMILES string of the molecule is COCCNCc1nc(-c2ccc(C)cc2)no1. The minimum Gasteiger partial charge on any atom is -0.383 e. The Morgan fingerprint density at radius 1 is 1.28 bits per heavy atom. The Balaban J connectivity index is 1.95. The number of ether oxygens (including phenoxy) is 1. The lowest BCUT2D eigenvalue weighted by Gasteiger charge is -1.98. The van der Waals surface area contributed by atoms with E-state index in [9.17, 15) is 0 Å². The number of aryl methyl sites for hydroxylation is 1. The zero-order valence-corrected chi connectivity index (χ0v) is 10.6. The Morgan fingerprint density at radius 3 is 2.78 bits per heavy atom. The summed E-state index contributed by atoms with van der Waals surface area (Å²) in [6.45, 7) is 4.03. The van der Waals surface area contributed by atoms with Crippen LogP contribution in [0.4, 0.5) is 0 Å². The molecule has 1 heterocycles. The topological polar surface area (TPSA) is 60.2 Å². The highest BCUT2D eigenvalue weighted by atomic mass is 16.5. The lowest BCUT2D eigenvalue weighted by molar-refractivity contribution is 0.197. The summed E-state index contributed by atoms with van der Waals surface area (Å²) < 4.78 is 10.1. The van der Waals surface area contributed by atoms with Crippen LogP contribution in [0.5, 0.6) is 0 Å². The lowest BCUT2D eigenvalue weighted by atomic mass is 10.1. The molecule has 0 spiro atoms. The molecule has 0 atom stereocenters. The maximum Gasteiger partial charge on any atom is 0.240 e. The first-order valence-corrected chi connectivity index (χ1v) is 5.89. The summed E-state index contributed by atoms with van der Waals surface area (Å²) in [4.78, 5) is 4.33. The van der Waals surface area contributed by atoms with Gasteiger partial charge in [0, 0.05) is 19.2 Å². The van der Waals surface area contributed by atoms with E-state index >= 15 is 0 Å². The smallest absolute Gasteiger partial charge is 0.240 e. The molecule has 0 radical (unpaired) electrons. The minimum atomic E-state index is 0.558. The van der Waals surface area contributed by atoms with E-state index in [-0.39, 0.29) is 0 Å². The lowest BCUT2D eigenvalue weighted by Crippen LogP contribution is -2.18. The number of nitrogens with one attached hydrogen (secondary N) is 1. The van der Waals surface area contributed by atoms with E-state index in [2.05, 4.69) is 15.5 Å². The van der Waals surface area contributed by atoms with Crippen molar-refractivity contribution in [2.75, 3.05) is 20.3 Å². The Labute approximate surface area is 106 Å². The molecule has 1 aromatic heterocycles. The van der Waals surface area contributed by atoms with Crippen molar-refractivity contribution in [3.05, 3.63) is 35.7 Å². The van der Waals surface area contributed by atoms with E-state index in [4.69, 9.17) is 9.26 Å². The molecule has 0 aliphatic heterocycles. The van der Waals surface area contributed by atoms with Gasteiger partial charge in [-0.05, 0) is 6.92 Å². The van der Waals surface area contributed by atoms with E-state index in [1.165, 1.54) is 5.56 Å². The number of methoxy groups -OCH3 is 1. The molecule has 0 amide bonds. The molecular weight excluding hydrogens is 230 g/mol. The van der Waals surface area contributed by atoms with Crippen molar-refractivity contribution in [3.8, 4) is 11.4 Å². The quantitative estimate of drug-likeness (QED) is 0.788. The standard InChI is InChI=1S/C13H17N3O2/c1-10-3-5-11(6-4-10)13-15-12(18-16-13)9-14-7-8-17-2/h3-6,14H,7-9H2,1-2H3. The molecule has 2 aromatic rings. The highest BCUT2D eigenvalue weighted by Crippen LogP contribution is 2.16. The third kappa shape index (κ3) is 3.38. The molecule has 0 saturated carbocycles. The van der Waals surface area contributed by atoms with Crippen molar-refractivity contribution in [3.63, 3.8) is 0 Å². The first-order chi connectivity index (χ1) is 8.79. The molecule has 5 nitrogen and oxygen atoms in total. The van der Waals surface area contributed by atoms with Crippen LogP contribution in [0.15, 0.2) is 28.8 Å². The average molecular weight is 247 g/mol. The van der Waals surface area contributed by atoms with Crippen LogP contribution in [0.1, 0.15) is 11.5 Å². The van der Waals surface area contributed by atoms with Crippen molar-refractivity contribution in [2.24, 2.45) is 0 Å². The van der Waals surface area contributed by atoms with Gasteiger partial charge in [0.2, 0.25) is 11.7 Å². The monoisotopic (exact) mass is 247 g/mol. The Hall–Kier alpha value is -1.72. The molecule has 96 valence electrons. The van der Waals surface area contributed by atoms with Gasteiger partial charge < -0.3 is 14.6 Å². The molecule has 0 bridgehead atoms. The van der Waals surface area contributed by atoms with Crippen LogP contribution in [-0.2, 0) is 11.3 Å². The number of benzene rings is 1. The molecule has 18 heavy (non-hydrogen) atoms. The van der Waals surface area contributed by atoms with Gasteiger partial charge in [-0.15, -0.1) is 0 Å². The van der Waals surface area contributed by atoms with E-state index in [1.54, 1.807) is 7.11 Å². The molecule has 1 N–H and O–H groups in total. The van der Waals surface area contributed by atoms with Crippen LogP contribution in [0.25, 0.3) is 11.4 Å². The first-order valence-electron chi connectivity index (χ1n) is 5.89. The molecule has 0 saturated heterocycles. The second-order valence-corrected chi connectivity index (χ2v) is 4.05. The van der Waals surface area contributed by atoms with E-state index < -0.39 is 0 Å². The Kier molecular flexibility index (Phi) is 4.44. The predicted octanol–water partition coefficient (Wildman–Crippen LogP) is 1.78. The van der Waals surface area contributed by atoms with Gasteiger partial charge in [0.15, 0.2) is 0 Å². The van der Waals surface area contributed by atoms with Crippen molar-refractivity contribution in [1.29, 1.82) is 0 Å². The second kappa shape index (κ2) is 6.28. The predicted molar refractivity (Wildman–Crippen MR) is 68.1 cm³/mol. The van der Waals surface area contributed by atoms with Crippen LogP contribution in [0.2, 0.25) is 0 Å². The van der Waals surface area contributed by atoms with Crippen molar-refractivity contribution in [1.82, 2.24) is 15.5 Å².